The highest BCUT2D eigenvalue weighted by Crippen LogP contribution is 2.14. The molecule has 0 unspecified atom stereocenters. The number of ether oxygens (including phenoxy) is 1. The van der Waals surface area contributed by atoms with Crippen LogP contribution in [0.4, 0.5) is 0 Å². The Kier molecular flexibility index (Phi) is 4.82. The largest absolute Gasteiger partial charge is 0.379 e. The Labute approximate surface area is 99.1 Å². The summed E-state index contributed by atoms with van der Waals surface area (Å²) in [5, 5.41) is 0. The summed E-state index contributed by atoms with van der Waals surface area (Å²) < 4.78 is 5.36. The van der Waals surface area contributed by atoms with Gasteiger partial charge in [-0.05, 0) is 26.3 Å². The second-order valence-electron chi connectivity index (χ2n) is 4.86. The third-order valence-electron chi connectivity index (χ3n) is 3.67. The lowest BCUT2D eigenvalue weighted by Crippen LogP contribution is -2.42. The van der Waals surface area contributed by atoms with Gasteiger partial charge >= 0.3 is 0 Å². The average molecular weight is 224 g/mol. The standard InChI is InChI=1S/C13H24N2O/c1-14(13-5-3-2-4-6-13)7-8-15-9-11-16-12-10-15/h3,5,13H,2,4,6-12H2,1H3/t13-/m0/s1. The van der Waals surface area contributed by atoms with Crippen molar-refractivity contribution in [3.8, 4) is 0 Å². The predicted molar refractivity (Wildman–Crippen MR) is 66.7 cm³/mol. The highest BCUT2D eigenvalue weighted by atomic mass is 16.5. The normalized spacial score (nSPS) is 27.5. The first kappa shape index (κ1) is 12.1. The predicted octanol–water partition coefficient (Wildman–Crippen LogP) is 1.36. The van der Waals surface area contributed by atoms with Gasteiger partial charge in [0, 0.05) is 32.2 Å². The average Bonchev–Trinajstić information content (AvgIpc) is 2.38. The molecule has 2 aliphatic rings. The molecule has 1 saturated heterocycles. The number of morpholine rings is 1. The van der Waals surface area contributed by atoms with E-state index in [1.165, 1.54) is 32.4 Å². The molecule has 16 heavy (non-hydrogen) atoms. The molecule has 0 aromatic carbocycles. The van der Waals surface area contributed by atoms with Crippen LogP contribution in [0.2, 0.25) is 0 Å². The van der Waals surface area contributed by atoms with E-state index in [1.807, 2.05) is 0 Å². The summed E-state index contributed by atoms with van der Waals surface area (Å²) in [6.07, 6.45) is 8.66. The molecule has 0 aromatic rings. The molecule has 1 aliphatic carbocycles. The van der Waals surface area contributed by atoms with Crippen molar-refractivity contribution in [2.24, 2.45) is 0 Å². The summed E-state index contributed by atoms with van der Waals surface area (Å²) >= 11 is 0. The lowest BCUT2D eigenvalue weighted by atomic mass is 10.0. The minimum Gasteiger partial charge on any atom is -0.379 e. The molecule has 1 aliphatic heterocycles. The number of rotatable bonds is 4. The molecule has 0 radical (unpaired) electrons. The van der Waals surface area contributed by atoms with Crippen molar-refractivity contribution >= 4 is 0 Å². The molecule has 2 rings (SSSR count). The van der Waals surface area contributed by atoms with Gasteiger partial charge in [-0.15, -0.1) is 0 Å². The number of likely N-dealkylation sites (N-methyl/N-ethyl adjacent to an activating group) is 1. The zero-order valence-corrected chi connectivity index (χ0v) is 10.4. The Morgan fingerprint density at radius 3 is 2.88 bits per heavy atom. The SMILES string of the molecule is CN(CCN1CCOCC1)[C@H]1C=CCCC1. The topological polar surface area (TPSA) is 15.7 Å². The van der Waals surface area contributed by atoms with Gasteiger partial charge in [0.25, 0.3) is 0 Å². The quantitative estimate of drug-likeness (QED) is 0.671. The number of hydrogen-bond donors (Lipinski definition) is 0. The molecule has 0 N–H and O–H groups in total. The van der Waals surface area contributed by atoms with Gasteiger partial charge in [0.15, 0.2) is 0 Å². The molecule has 0 spiro atoms. The fourth-order valence-corrected chi connectivity index (χ4v) is 2.45. The number of allylic oxidation sites excluding steroid dienone is 1. The van der Waals surface area contributed by atoms with E-state index in [1.54, 1.807) is 0 Å². The molecule has 3 nitrogen and oxygen atoms in total. The summed E-state index contributed by atoms with van der Waals surface area (Å²) in [6.45, 7) is 6.39. The van der Waals surface area contributed by atoms with Crippen LogP contribution in [0.5, 0.6) is 0 Å². The fraction of sp³-hybridized carbons (Fsp3) is 0.846. The zero-order valence-electron chi connectivity index (χ0n) is 10.4. The van der Waals surface area contributed by atoms with E-state index in [9.17, 15) is 0 Å². The first-order valence-corrected chi connectivity index (χ1v) is 6.53. The van der Waals surface area contributed by atoms with Crippen LogP contribution in [0.3, 0.4) is 0 Å². The highest BCUT2D eigenvalue weighted by molar-refractivity contribution is 4.97. The third-order valence-corrected chi connectivity index (χ3v) is 3.67. The summed E-state index contributed by atoms with van der Waals surface area (Å²) in [5.41, 5.74) is 0. The van der Waals surface area contributed by atoms with Gasteiger partial charge in [-0.3, -0.25) is 9.80 Å². The van der Waals surface area contributed by atoms with Crippen LogP contribution in [0.25, 0.3) is 0 Å². The second kappa shape index (κ2) is 6.38. The molecular weight excluding hydrogens is 200 g/mol. The Morgan fingerprint density at radius 2 is 2.19 bits per heavy atom. The molecule has 1 atom stereocenters. The first-order valence-electron chi connectivity index (χ1n) is 6.53. The zero-order chi connectivity index (χ0) is 11.2. The van der Waals surface area contributed by atoms with Crippen molar-refractivity contribution in [2.75, 3.05) is 46.4 Å². The fourth-order valence-electron chi connectivity index (χ4n) is 2.45. The molecule has 0 aromatic heterocycles. The van der Waals surface area contributed by atoms with Crippen LogP contribution >= 0.6 is 0 Å². The van der Waals surface area contributed by atoms with Gasteiger partial charge < -0.3 is 4.74 Å². The van der Waals surface area contributed by atoms with E-state index in [2.05, 4.69) is 29.0 Å². The number of nitrogens with zero attached hydrogens (tertiary/aromatic N) is 2. The van der Waals surface area contributed by atoms with Gasteiger partial charge in [-0.2, -0.15) is 0 Å². The summed E-state index contributed by atoms with van der Waals surface area (Å²) in [6, 6.07) is 0.676. The van der Waals surface area contributed by atoms with Crippen molar-refractivity contribution in [1.82, 2.24) is 9.80 Å². The molecule has 3 heteroatoms. The van der Waals surface area contributed by atoms with Gasteiger partial charge in [0.1, 0.15) is 0 Å². The van der Waals surface area contributed by atoms with E-state index in [0.717, 1.165) is 26.3 Å². The van der Waals surface area contributed by atoms with Crippen LogP contribution < -0.4 is 0 Å². The molecule has 0 saturated carbocycles. The van der Waals surface area contributed by atoms with Crippen LogP contribution in [0.15, 0.2) is 12.2 Å². The molecule has 0 amide bonds. The lowest BCUT2D eigenvalue weighted by Gasteiger charge is -2.32. The molecule has 1 heterocycles. The van der Waals surface area contributed by atoms with Crippen molar-refractivity contribution in [3.63, 3.8) is 0 Å². The van der Waals surface area contributed by atoms with Crippen molar-refractivity contribution in [2.45, 2.75) is 25.3 Å². The van der Waals surface area contributed by atoms with Gasteiger partial charge in [0.2, 0.25) is 0 Å². The van der Waals surface area contributed by atoms with E-state index < -0.39 is 0 Å². The molecule has 0 bridgehead atoms. The van der Waals surface area contributed by atoms with Crippen LogP contribution in [0, 0.1) is 0 Å². The Bertz CT molecular complexity index is 224. The summed E-state index contributed by atoms with van der Waals surface area (Å²) in [7, 11) is 2.25. The minimum absolute atomic E-state index is 0.676. The second-order valence-corrected chi connectivity index (χ2v) is 4.86. The Morgan fingerprint density at radius 1 is 1.38 bits per heavy atom. The maximum atomic E-state index is 5.36. The maximum absolute atomic E-state index is 5.36. The monoisotopic (exact) mass is 224 g/mol. The minimum atomic E-state index is 0.676. The highest BCUT2D eigenvalue weighted by Gasteiger charge is 2.15. The molecular formula is C13H24N2O. The first-order chi connectivity index (χ1) is 7.86. The van der Waals surface area contributed by atoms with Gasteiger partial charge in [0.05, 0.1) is 13.2 Å². The van der Waals surface area contributed by atoms with E-state index in [0.29, 0.717) is 6.04 Å². The lowest BCUT2D eigenvalue weighted by molar-refractivity contribution is 0.0332. The maximum Gasteiger partial charge on any atom is 0.0594 e. The smallest absolute Gasteiger partial charge is 0.0594 e. The van der Waals surface area contributed by atoms with E-state index >= 15 is 0 Å². The Hall–Kier alpha value is -0.380. The van der Waals surface area contributed by atoms with Crippen LogP contribution in [-0.4, -0.2) is 62.3 Å². The van der Waals surface area contributed by atoms with E-state index in [-0.39, 0.29) is 0 Å². The van der Waals surface area contributed by atoms with Crippen LogP contribution in [-0.2, 0) is 4.74 Å². The van der Waals surface area contributed by atoms with E-state index in [4.69, 9.17) is 4.74 Å². The van der Waals surface area contributed by atoms with Crippen molar-refractivity contribution < 1.29 is 4.74 Å². The summed E-state index contributed by atoms with van der Waals surface area (Å²) in [5.74, 6) is 0. The third kappa shape index (κ3) is 3.58. The van der Waals surface area contributed by atoms with Gasteiger partial charge in [-0.25, -0.2) is 0 Å². The van der Waals surface area contributed by atoms with Crippen molar-refractivity contribution in [1.29, 1.82) is 0 Å². The Balaban J connectivity index is 1.67. The van der Waals surface area contributed by atoms with Crippen molar-refractivity contribution in [3.05, 3.63) is 12.2 Å². The van der Waals surface area contributed by atoms with Gasteiger partial charge in [-0.1, -0.05) is 12.2 Å². The number of hydrogen-bond acceptors (Lipinski definition) is 3. The van der Waals surface area contributed by atoms with Crippen LogP contribution in [0.1, 0.15) is 19.3 Å². The molecule has 1 fully saturated rings. The molecule has 92 valence electrons. The summed E-state index contributed by atoms with van der Waals surface area (Å²) in [4.78, 5) is 5.00.